The molecule has 0 fully saturated rings. The summed E-state index contributed by atoms with van der Waals surface area (Å²) >= 11 is 0. The minimum Gasteiger partial charge on any atom is -0.336 e. The van der Waals surface area contributed by atoms with Crippen LogP contribution < -0.4 is 5.32 Å². The van der Waals surface area contributed by atoms with E-state index in [0.29, 0.717) is 0 Å². The highest BCUT2D eigenvalue weighted by Crippen LogP contribution is 2.19. The zero-order chi connectivity index (χ0) is 10.8. The summed E-state index contributed by atoms with van der Waals surface area (Å²) in [5, 5.41) is 7.44. The van der Waals surface area contributed by atoms with Gasteiger partial charge in [0, 0.05) is 20.3 Å². The maximum absolute atomic E-state index is 4.17. The quantitative estimate of drug-likeness (QED) is 0.792. The Hall–Kier alpha value is -1.62. The minimum absolute atomic E-state index is 0.130. The van der Waals surface area contributed by atoms with Crippen LogP contribution in [-0.2, 0) is 14.1 Å². The van der Waals surface area contributed by atoms with Crippen molar-refractivity contribution >= 4 is 0 Å². The monoisotopic (exact) mass is 205 g/mol. The predicted octanol–water partition coefficient (Wildman–Crippen LogP) is 0.462. The maximum atomic E-state index is 4.17. The average molecular weight is 205 g/mol. The first-order valence-corrected chi connectivity index (χ1v) is 4.85. The first kappa shape index (κ1) is 9.92. The Morgan fingerprint density at radius 3 is 2.60 bits per heavy atom. The normalized spacial score (nSPS) is 13.0. The number of nitrogens with one attached hydrogen (secondary N) is 1. The lowest BCUT2D eigenvalue weighted by atomic mass is 10.1. The van der Waals surface area contributed by atoms with Crippen molar-refractivity contribution in [3.8, 4) is 0 Å². The van der Waals surface area contributed by atoms with Crippen molar-refractivity contribution in [3.05, 3.63) is 36.2 Å². The van der Waals surface area contributed by atoms with Gasteiger partial charge in [-0.1, -0.05) is 0 Å². The fourth-order valence-corrected chi connectivity index (χ4v) is 1.76. The molecule has 2 heterocycles. The molecule has 0 aliphatic heterocycles. The topological polar surface area (TPSA) is 47.7 Å². The van der Waals surface area contributed by atoms with Gasteiger partial charge in [0.15, 0.2) is 0 Å². The Morgan fingerprint density at radius 1 is 1.33 bits per heavy atom. The molecule has 0 aliphatic rings. The first-order valence-electron chi connectivity index (χ1n) is 4.85. The van der Waals surface area contributed by atoms with Gasteiger partial charge in [-0.25, -0.2) is 4.98 Å². The van der Waals surface area contributed by atoms with Crippen molar-refractivity contribution in [3.63, 3.8) is 0 Å². The van der Waals surface area contributed by atoms with Crippen molar-refractivity contribution in [2.24, 2.45) is 14.1 Å². The molecule has 2 aromatic rings. The lowest BCUT2D eigenvalue weighted by Crippen LogP contribution is -2.22. The highest BCUT2D eigenvalue weighted by atomic mass is 15.3. The van der Waals surface area contributed by atoms with Crippen LogP contribution in [0.3, 0.4) is 0 Å². The summed E-state index contributed by atoms with van der Waals surface area (Å²) in [4.78, 5) is 4.12. The van der Waals surface area contributed by atoms with Crippen molar-refractivity contribution in [2.45, 2.75) is 6.04 Å². The molecular weight excluding hydrogens is 190 g/mol. The lowest BCUT2D eigenvalue weighted by molar-refractivity contribution is 0.577. The average Bonchev–Trinajstić information content (AvgIpc) is 2.80. The second-order valence-corrected chi connectivity index (χ2v) is 3.53. The molecule has 5 nitrogen and oxygen atoms in total. The van der Waals surface area contributed by atoms with E-state index in [4.69, 9.17) is 0 Å². The van der Waals surface area contributed by atoms with Gasteiger partial charge in [-0.3, -0.25) is 4.68 Å². The first-order chi connectivity index (χ1) is 7.24. The second kappa shape index (κ2) is 3.86. The number of nitrogens with zero attached hydrogens (tertiary/aromatic N) is 4. The van der Waals surface area contributed by atoms with Crippen LogP contribution in [0, 0.1) is 0 Å². The summed E-state index contributed by atoms with van der Waals surface area (Å²) in [5.74, 6) is 0. The standard InChI is InChI=1S/C10H15N5/c1-11-10(8-4-5-13-15(8)3)9-6-12-7-14(9)2/h4-7,10-11H,1-3H3. The molecule has 0 bridgehead atoms. The maximum Gasteiger partial charge on any atom is 0.0946 e. The molecule has 0 radical (unpaired) electrons. The second-order valence-electron chi connectivity index (χ2n) is 3.53. The van der Waals surface area contributed by atoms with Crippen molar-refractivity contribution in [2.75, 3.05) is 7.05 Å². The van der Waals surface area contributed by atoms with Gasteiger partial charge in [0.2, 0.25) is 0 Å². The zero-order valence-electron chi connectivity index (χ0n) is 9.18. The van der Waals surface area contributed by atoms with Crippen LogP contribution in [0.15, 0.2) is 24.8 Å². The van der Waals surface area contributed by atoms with Gasteiger partial charge in [0.25, 0.3) is 0 Å². The summed E-state index contributed by atoms with van der Waals surface area (Å²) in [7, 11) is 5.86. The van der Waals surface area contributed by atoms with Crippen LogP contribution in [0.5, 0.6) is 0 Å². The predicted molar refractivity (Wildman–Crippen MR) is 57.3 cm³/mol. The van der Waals surface area contributed by atoms with Crippen LogP contribution in [-0.4, -0.2) is 26.4 Å². The summed E-state index contributed by atoms with van der Waals surface area (Å²) in [6.07, 6.45) is 5.47. The van der Waals surface area contributed by atoms with Gasteiger partial charge >= 0.3 is 0 Å². The van der Waals surface area contributed by atoms with Gasteiger partial charge < -0.3 is 9.88 Å². The third kappa shape index (κ3) is 1.66. The number of rotatable bonds is 3. The number of aryl methyl sites for hydroxylation is 2. The molecule has 15 heavy (non-hydrogen) atoms. The summed E-state index contributed by atoms with van der Waals surface area (Å²) in [6.45, 7) is 0. The van der Waals surface area contributed by atoms with Crippen LogP contribution in [0.4, 0.5) is 0 Å². The minimum atomic E-state index is 0.130. The van der Waals surface area contributed by atoms with Gasteiger partial charge in [0.1, 0.15) is 0 Å². The van der Waals surface area contributed by atoms with Gasteiger partial charge in [-0.2, -0.15) is 5.10 Å². The largest absolute Gasteiger partial charge is 0.336 e. The number of aromatic nitrogens is 4. The Kier molecular flexibility index (Phi) is 2.55. The summed E-state index contributed by atoms with van der Waals surface area (Å²) in [5.41, 5.74) is 2.25. The smallest absolute Gasteiger partial charge is 0.0946 e. The molecule has 80 valence electrons. The zero-order valence-corrected chi connectivity index (χ0v) is 9.18. The molecule has 5 heteroatoms. The third-order valence-electron chi connectivity index (χ3n) is 2.59. The Morgan fingerprint density at radius 2 is 2.13 bits per heavy atom. The Bertz CT molecular complexity index is 402. The van der Waals surface area contributed by atoms with E-state index in [-0.39, 0.29) is 6.04 Å². The van der Waals surface area contributed by atoms with E-state index >= 15 is 0 Å². The molecule has 1 unspecified atom stereocenters. The van der Waals surface area contributed by atoms with Crippen LogP contribution in [0.2, 0.25) is 0 Å². The van der Waals surface area contributed by atoms with E-state index in [1.165, 1.54) is 0 Å². The van der Waals surface area contributed by atoms with Crippen molar-refractivity contribution in [1.82, 2.24) is 24.6 Å². The molecule has 2 rings (SSSR count). The number of hydrogen-bond acceptors (Lipinski definition) is 3. The fraction of sp³-hybridized carbons (Fsp3) is 0.400. The molecule has 0 aliphatic carbocycles. The molecule has 2 aromatic heterocycles. The highest BCUT2D eigenvalue weighted by Gasteiger charge is 2.17. The molecule has 0 aromatic carbocycles. The van der Waals surface area contributed by atoms with Gasteiger partial charge in [0.05, 0.1) is 30.0 Å². The third-order valence-corrected chi connectivity index (χ3v) is 2.59. The highest BCUT2D eigenvalue weighted by molar-refractivity contribution is 5.20. The lowest BCUT2D eigenvalue weighted by Gasteiger charge is -2.16. The fourth-order valence-electron chi connectivity index (χ4n) is 1.76. The molecule has 0 saturated carbocycles. The van der Waals surface area contributed by atoms with Crippen LogP contribution in [0.1, 0.15) is 17.4 Å². The van der Waals surface area contributed by atoms with Crippen molar-refractivity contribution in [1.29, 1.82) is 0 Å². The summed E-state index contributed by atoms with van der Waals surface area (Å²) in [6, 6.07) is 2.14. The van der Waals surface area contributed by atoms with Crippen LogP contribution >= 0.6 is 0 Å². The number of imidazole rings is 1. The van der Waals surface area contributed by atoms with E-state index in [1.54, 1.807) is 12.5 Å². The van der Waals surface area contributed by atoms with E-state index in [0.717, 1.165) is 11.4 Å². The van der Waals surface area contributed by atoms with E-state index in [9.17, 15) is 0 Å². The summed E-state index contributed by atoms with van der Waals surface area (Å²) < 4.78 is 3.88. The molecule has 1 atom stereocenters. The SMILES string of the molecule is CNC(c1cncn1C)c1ccnn1C. The molecule has 0 saturated heterocycles. The van der Waals surface area contributed by atoms with Crippen molar-refractivity contribution < 1.29 is 0 Å². The molecule has 0 spiro atoms. The molecule has 0 amide bonds. The van der Waals surface area contributed by atoms with Gasteiger partial charge in [-0.05, 0) is 13.1 Å². The van der Waals surface area contributed by atoms with E-state index in [2.05, 4.69) is 15.4 Å². The van der Waals surface area contributed by atoms with Gasteiger partial charge in [-0.15, -0.1) is 0 Å². The Balaban J connectivity index is 2.41. The molecular formula is C10H15N5. The van der Waals surface area contributed by atoms with Crippen LogP contribution in [0.25, 0.3) is 0 Å². The number of hydrogen-bond donors (Lipinski definition) is 1. The Labute approximate surface area is 88.7 Å². The molecule has 1 N–H and O–H groups in total. The van der Waals surface area contributed by atoms with E-state index < -0.39 is 0 Å². The van der Waals surface area contributed by atoms with E-state index in [1.807, 2.05) is 42.7 Å².